The van der Waals surface area contributed by atoms with E-state index >= 15 is 0 Å². The van der Waals surface area contributed by atoms with Crippen LogP contribution in [0.25, 0.3) is 0 Å². The predicted octanol–water partition coefficient (Wildman–Crippen LogP) is 3.41. The summed E-state index contributed by atoms with van der Waals surface area (Å²) in [5, 5.41) is 0. The maximum atomic E-state index is 13.8. The first kappa shape index (κ1) is 12.0. The minimum atomic E-state index is -0.276. The first-order chi connectivity index (χ1) is 8.63. The summed E-state index contributed by atoms with van der Waals surface area (Å²) in [5.41, 5.74) is 6.25. The van der Waals surface area contributed by atoms with Gasteiger partial charge in [0.1, 0.15) is 17.7 Å². The fourth-order valence-corrected chi connectivity index (χ4v) is 3.46. The molecule has 2 N–H and O–H groups in total. The summed E-state index contributed by atoms with van der Waals surface area (Å²) in [6.07, 6.45) is 5.36. The van der Waals surface area contributed by atoms with Gasteiger partial charge in [0.2, 0.25) is 0 Å². The number of hydrogen-bond acceptors (Lipinski definition) is 2. The molecule has 4 atom stereocenters. The molecule has 0 radical (unpaired) electrons. The van der Waals surface area contributed by atoms with Gasteiger partial charge in [-0.05, 0) is 50.5 Å². The lowest BCUT2D eigenvalue weighted by Gasteiger charge is -2.23. The standard InChI is InChI=1S/C15H20FNO/c1-9(17)13-5-4-12(8-14(13)16)18-15-7-10-2-3-11(15)6-10/h4-5,8-11,15H,2-3,6-7,17H2,1H3. The van der Waals surface area contributed by atoms with Gasteiger partial charge in [0.05, 0.1) is 0 Å². The van der Waals surface area contributed by atoms with Crippen molar-refractivity contribution in [3.63, 3.8) is 0 Å². The number of halogens is 1. The first-order valence-corrected chi connectivity index (χ1v) is 6.85. The Labute approximate surface area is 107 Å². The number of rotatable bonds is 3. The Morgan fingerprint density at radius 1 is 1.33 bits per heavy atom. The SMILES string of the molecule is CC(N)c1ccc(OC2CC3CCC2C3)cc1F. The minimum Gasteiger partial charge on any atom is -0.490 e. The molecule has 0 spiro atoms. The van der Waals surface area contributed by atoms with Crippen LogP contribution in [0.15, 0.2) is 18.2 Å². The lowest BCUT2D eigenvalue weighted by atomic mass is 9.97. The van der Waals surface area contributed by atoms with Gasteiger partial charge < -0.3 is 10.5 Å². The van der Waals surface area contributed by atoms with E-state index in [0.29, 0.717) is 23.3 Å². The van der Waals surface area contributed by atoms with Crippen molar-refractivity contribution in [2.75, 3.05) is 0 Å². The fraction of sp³-hybridized carbons (Fsp3) is 0.600. The third-order valence-electron chi connectivity index (χ3n) is 4.42. The second-order valence-electron chi connectivity index (χ2n) is 5.80. The molecule has 3 heteroatoms. The van der Waals surface area contributed by atoms with Gasteiger partial charge in [-0.1, -0.05) is 6.07 Å². The third-order valence-corrected chi connectivity index (χ3v) is 4.42. The summed E-state index contributed by atoms with van der Waals surface area (Å²) < 4.78 is 19.7. The van der Waals surface area contributed by atoms with Crippen molar-refractivity contribution in [3.8, 4) is 5.75 Å². The van der Waals surface area contributed by atoms with Gasteiger partial charge in [-0.2, -0.15) is 0 Å². The molecule has 1 aromatic rings. The molecule has 4 unspecified atom stereocenters. The molecule has 2 bridgehead atoms. The molecule has 2 aliphatic rings. The van der Waals surface area contributed by atoms with Crippen LogP contribution >= 0.6 is 0 Å². The van der Waals surface area contributed by atoms with Crippen molar-refractivity contribution in [3.05, 3.63) is 29.6 Å². The van der Waals surface area contributed by atoms with Gasteiger partial charge in [-0.25, -0.2) is 4.39 Å². The third kappa shape index (κ3) is 2.12. The van der Waals surface area contributed by atoms with Crippen molar-refractivity contribution in [1.82, 2.24) is 0 Å². The van der Waals surface area contributed by atoms with Gasteiger partial charge in [0, 0.05) is 17.7 Å². The van der Waals surface area contributed by atoms with Crippen LogP contribution in [0.1, 0.15) is 44.2 Å². The molecular formula is C15H20FNO. The zero-order valence-corrected chi connectivity index (χ0v) is 10.7. The van der Waals surface area contributed by atoms with Crippen molar-refractivity contribution in [1.29, 1.82) is 0 Å². The largest absolute Gasteiger partial charge is 0.490 e. The number of nitrogens with two attached hydrogens (primary N) is 1. The Kier molecular flexibility index (Phi) is 3.02. The van der Waals surface area contributed by atoms with Crippen LogP contribution in [-0.4, -0.2) is 6.10 Å². The molecule has 0 saturated heterocycles. The highest BCUT2D eigenvalue weighted by molar-refractivity contribution is 5.30. The lowest BCUT2D eigenvalue weighted by molar-refractivity contribution is 0.138. The second-order valence-corrected chi connectivity index (χ2v) is 5.80. The molecule has 0 amide bonds. The van der Waals surface area contributed by atoms with Crippen LogP contribution in [0.2, 0.25) is 0 Å². The Hall–Kier alpha value is -1.09. The summed E-state index contributed by atoms with van der Waals surface area (Å²) in [7, 11) is 0. The van der Waals surface area contributed by atoms with E-state index in [-0.39, 0.29) is 11.9 Å². The highest BCUT2D eigenvalue weighted by Crippen LogP contribution is 2.46. The molecule has 2 fully saturated rings. The lowest BCUT2D eigenvalue weighted by Crippen LogP contribution is -2.23. The summed E-state index contributed by atoms with van der Waals surface area (Å²) in [6.45, 7) is 1.79. The van der Waals surface area contributed by atoms with E-state index in [1.165, 1.54) is 25.3 Å². The molecule has 18 heavy (non-hydrogen) atoms. The Bertz CT molecular complexity index is 446. The molecule has 98 valence electrons. The number of hydrogen-bond donors (Lipinski definition) is 1. The molecule has 1 aromatic carbocycles. The molecule has 2 nitrogen and oxygen atoms in total. The Morgan fingerprint density at radius 3 is 2.72 bits per heavy atom. The van der Waals surface area contributed by atoms with Crippen LogP contribution in [0.3, 0.4) is 0 Å². The normalized spacial score (nSPS) is 31.6. The topological polar surface area (TPSA) is 35.2 Å². The number of benzene rings is 1. The van der Waals surface area contributed by atoms with Crippen molar-refractivity contribution in [2.24, 2.45) is 17.6 Å². The van der Waals surface area contributed by atoms with E-state index < -0.39 is 0 Å². The summed E-state index contributed by atoms with van der Waals surface area (Å²) >= 11 is 0. The summed E-state index contributed by atoms with van der Waals surface area (Å²) in [4.78, 5) is 0. The maximum Gasteiger partial charge on any atom is 0.131 e. The fourth-order valence-electron chi connectivity index (χ4n) is 3.46. The van der Waals surface area contributed by atoms with Gasteiger partial charge in [0.25, 0.3) is 0 Å². The van der Waals surface area contributed by atoms with E-state index in [4.69, 9.17) is 10.5 Å². The molecule has 3 rings (SSSR count). The second kappa shape index (κ2) is 4.54. The highest BCUT2D eigenvalue weighted by Gasteiger charge is 2.40. The molecular weight excluding hydrogens is 229 g/mol. The van der Waals surface area contributed by atoms with E-state index in [0.717, 1.165) is 12.3 Å². The smallest absolute Gasteiger partial charge is 0.131 e. The monoisotopic (exact) mass is 249 g/mol. The molecule has 0 aromatic heterocycles. The van der Waals surface area contributed by atoms with Crippen molar-refractivity contribution < 1.29 is 9.13 Å². The summed E-state index contributed by atoms with van der Waals surface area (Å²) in [6, 6.07) is 4.78. The van der Waals surface area contributed by atoms with Gasteiger partial charge in [0.15, 0.2) is 0 Å². The molecule has 0 heterocycles. The molecule has 2 saturated carbocycles. The molecule has 2 aliphatic carbocycles. The van der Waals surface area contributed by atoms with Crippen LogP contribution in [0.4, 0.5) is 4.39 Å². The van der Waals surface area contributed by atoms with Crippen LogP contribution in [0, 0.1) is 17.7 Å². The van der Waals surface area contributed by atoms with E-state index in [2.05, 4.69) is 0 Å². The molecule has 0 aliphatic heterocycles. The quantitative estimate of drug-likeness (QED) is 0.891. The van der Waals surface area contributed by atoms with Gasteiger partial charge in [-0.3, -0.25) is 0 Å². The minimum absolute atomic E-state index is 0.259. The summed E-state index contributed by atoms with van der Waals surface area (Å²) in [5.74, 6) is 1.92. The van der Waals surface area contributed by atoms with E-state index in [1.807, 2.05) is 6.07 Å². The zero-order valence-electron chi connectivity index (χ0n) is 10.7. The van der Waals surface area contributed by atoms with E-state index in [1.54, 1.807) is 13.0 Å². The van der Waals surface area contributed by atoms with Crippen molar-refractivity contribution >= 4 is 0 Å². The Balaban J connectivity index is 1.72. The van der Waals surface area contributed by atoms with Crippen LogP contribution in [-0.2, 0) is 0 Å². The van der Waals surface area contributed by atoms with Crippen LogP contribution < -0.4 is 10.5 Å². The van der Waals surface area contributed by atoms with E-state index in [9.17, 15) is 4.39 Å². The van der Waals surface area contributed by atoms with Gasteiger partial charge in [-0.15, -0.1) is 0 Å². The zero-order chi connectivity index (χ0) is 12.7. The first-order valence-electron chi connectivity index (χ1n) is 6.85. The Morgan fingerprint density at radius 2 is 2.17 bits per heavy atom. The predicted molar refractivity (Wildman–Crippen MR) is 68.9 cm³/mol. The van der Waals surface area contributed by atoms with Crippen LogP contribution in [0.5, 0.6) is 5.75 Å². The number of fused-ring (bicyclic) bond motifs is 2. The number of ether oxygens (including phenoxy) is 1. The van der Waals surface area contributed by atoms with Crippen molar-refractivity contribution in [2.45, 2.75) is 44.8 Å². The highest BCUT2D eigenvalue weighted by atomic mass is 19.1. The van der Waals surface area contributed by atoms with Gasteiger partial charge >= 0.3 is 0 Å². The average molecular weight is 249 g/mol. The maximum absolute atomic E-state index is 13.8. The average Bonchev–Trinajstić information content (AvgIpc) is 2.90.